The number of likely N-dealkylation sites (N-methyl/N-ethyl adjacent to an activating group) is 1. The first kappa shape index (κ1) is 22.7. The first-order valence-corrected chi connectivity index (χ1v) is 10.6. The summed E-state index contributed by atoms with van der Waals surface area (Å²) in [5.74, 6) is 0.560. The van der Waals surface area contributed by atoms with Crippen molar-refractivity contribution in [2.45, 2.75) is 12.8 Å². The van der Waals surface area contributed by atoms with Gasteiger partial charge in [0.1, 0.15) is 18.2 Å². The average molecular weight is 420 g/mol. The summed E-state index contributed by atoms with van der Waals surface area (Å²) in [7, 11) is 4.04. The third-order valence-electron chi connectivity index (χ3n) is 5.09. The van der Waals surface area contributed by atoms with E-state index in [9.17, 15) is 9.50 Å². The fourth-order valence-corrected chi connectivity index (χ4v) is 3.50. The van der Waals surface area contributed by atoms with Gasteiger partial charge in [-0.25, -0.2) is 4.39 Å². The Hall–Kier alpha value is -2.95. The van der Waals surface area contributed by atoms with Crippen molar-refractivity contribution in [1.82, 2.24) is 4.90 Å². The van der Waals surface area contributed by atoms with Crippen LogP contribution in [-0.4, -0.2) is 43.9 Å². The van der Waals surface area contributed by atoms with Crippen molar-refractivity contribution in [3.8, 4) is 5.75 Å². The molecule has 0 bridgehead atoms. The second-order valence-corrected chi connectivity index (χ2v) is 7.73. The number of aliphatic hydroxyl groups is 1. The third-order valence-corrected chi connectivity index (χ3v) is 5.09. The molecule has 1 N–H and O–H groups in total. The molecule has 0 atom stereocenters. The molecule has 0 radical (unpaired) electrons. The van der Waals surface area contributed by atoms with Crippen molar-refractivity contribution < 1.29 is 14.2 Å². The third kappa shape index (κ3) is 6.51. The molecular formula is C27H30FNO2. The summed E-state index contributed by atoms with van der Waals surface area (Å²) in [6.45, 7) is 1.59. The first-order chi connectivity index (χ1) is 15.1. The second-order valence-electron chi connectivity index (χ2n) is 7.73. The number of halogens is 1. The number of ether oxygens (including phenoxy) is 1. The van der Waals surface area contributed by atoms with Gasteiger partial charge < -0.3 is 14.7 Å². The lowest BCUT2D eigenvalue weighted by Gasteiger charge is -2.18. The summed E-state index contributed by atoms with van der Waals surface area (Å²) in [5.41, 5.74) is 5.24. The van der Waals surface area contributed by atoms with Crippen LogP contribution < -0.4 is 4.74 Å². The summed E-state index contributed by atoms with van der Waals surface area (Å²) in [6, 6.07) is 24.8. The zero-order valence-electron chi connectivity index (χ0n) is 18.2. The fraction of sp³-hybridized carbons (Fsp3) is 0.259. The number of rotatable bonds is 10. The van der Waals surface area contributed by atoms with E-state index in [-0.39, 0.29) is 12.4 Å². The van der Waals surface area contributed by atoms with Crippen LogP contribution >= 0.6 is 0 Å². The molecule has 0 heterocycles. The number of benzene rings is 3. The Balaban J connectivity index is 2.05. The minimum atomic E-state index is -0.260. The molecule has 0 fully saturated rings. The van der Waals surface area contributed by atoms with E-state index in [1.165, 1.54) is 12.1 Å². The van der Waals surface area contributed by atoms with E-state index in [4.69, 9.17) is 4.74 Å². The molecule has 0 aromatic heterocycles. The van der Waals surface area contributed by atoms with Crippen molar-refractivity contribution in [3.05, 3.63) is 101 Å². The largest absolute Gasteiger partial charge is 0.492 e. The average Bonchev–Trinajstić information content (AvgIpc) is 2.79. The molecule has 3 aromatic rings. The van der Waals surface area contributed by atoms with Crippen LogP contribution in [0, 0.1) is 5.82 Å². The minimum absolute atomic E-state index is 0.117. The summed E-state index contributed by atoms with van der Waals surface area (Å²) in [5, 5.41) is 9.49. The van der Waals surface area contributed by atoms with Gasteiger partial charge in [-0.05, 0) is 79.0 Å². The Kier molecular flexibility index (Phi) is 8.39. The van der Waals surface area contributed by atoms with E-state index < -0.39 is 0 Å². The number of allylic oxidation sites excluding steroid dienone is 1. The summed E-state index contributed by atoms with van der Waals surface area (Å²) in [4.78, 5) is 2.08. The Bertz CT molecular complexity index is 964. The van der Waals surface area contributed by atoms with E-state index in [1.54, 1.807) is 0 Å². The van der Waals surface area contributed by atoms with Crippen LogP contribution in [0.5, 0.6) is 5.75 Å². The van der Waals surface area contributed by atoms with E-state index in [1.807, 2.05) is 68.7 Å². The highest BCUT2D eigenvalue weighted by molar-refractivity contribution is 5.98. The molecular weight excluding hydrogens is 389 g/mol. The van der Waals surface area contributed by atoms with Gasteiger partial charge in [-0.2, -0.15) is 0 Å². The summed E-state index contributed by atoms with van der Waals surface area (Å²) >= 11 is 0. The SMILES string of the molecule is CN(C)CCOc1ccc(C(=C(CCCO)c2ccccc2)c2ccc(F)cc2)cc1. The maximum atomic E-state index is 13.6. The maximum absolute atomic E-state index is 13.6. The van der Waals surface area contributed by atoms with E-state index >= 15 is 0 Å². The van der Waals surface area contributed by atoms with Gasteiger partial charge in [0.15, 0.2) is 0 Å². The zero-order valence-corrected chi connectivity index (χ0v) is 18.2. The monoisotopic (exact) mass is 419 g/mol. The highest BCUT2D eigenvalue weighted by Crippen LogP contribution is 2.35. The van der Waals surface area contributed by atoms with Crippen molar-refractivity contribution in [2.24, 2.45) is 0 Å². The van der Waals surface area contributed by atoms with Gasteiger partial charge in [-0.1, -0.05) is 54.6 Å². The molecule has 0 unspecified atom stereocenters. The number of hydrogen-bond acceptors (Lipinski definition) is 3. The van der Waals surface area contributed by atoms with Crippen molar-refractivity contribution in [1.29, 1.82) is 0 Å². The summed E-state index contributed by atoms with van der Waals surface area (Å²) < 4.78 is 19.5. The lowest BCUT2D eigenvalue weighted by molar-refractivity contribution is 0.261. The van der Waals surface area contributed by atoms with Crippen LogP contribution in [0.25, 0.3) is 11.1 Å². The molecule has 162 valence electrons. The van der Waals surface area contributed by atoms with Crippen LogP contribution in [-0.2, 0) is 0 Å². The molecule has 0 aliphatic rings. The molecule has 0 saturated carbocycles. The standard InChI is InChI=1S/C27H30FNO2/c1-29(2)18-20-31-25-16-12-23(13-17-25)27(22-10-14-24(28)15-11-22)26(9-6-19-30)21-7-4-3-5-8-21/h3-5,7-8,10-17,30H,6,9,18-20H2,1-2H3. The molecule has 0 spiro atoms. The van der Waals surface area contributed by atoms with Gasteiger partial charge in [0.25, 0.3) is 0 Å². The van der Waals surface area contributed by atoms with Gasteiger partial charge >= 0.3 is 0 Å². The molecule has 3 nitrogen and oxygen atoms in total. The number of nitrogens with zero attached hydrogens (tertiary/aromatic N) is 1. The van der Waals surface area contributed by atoms with Crippen LogP contribution in [0.4, 0.5) is 4.39 Å². The van der Waals surface area contributed by atoms with Crippen molar-refractivity contribution in [2.75, 3.05) is 33.9 Å². The lowest BCUT2D eigenvalue weighted by Crippen LogP contribution is -2.19. The van der Waals surface area contributed by atoms with E-state index in [0.29, 0.717) is 19.4 Å². The Morgan fingerprint density at radius 1 is 0.839 bits per heavy atom. The molecule has 0 amide bonds. The van der Waals surface area contributed by atoms with Gasteiger partial charge in [-0.3, -0.25) is 0 Å². The molecule has 0 aliphatic heterocycles. The van der Waals surface area contributed by atoms with Crippen LogP contribution in [0.15, 0.2) is 78.9 Å². The normalized spacial score (nSPS) is 12.0. The van der Waals surface area contributed by atoms with E-state index in [2.05, 4.69) is 17.0 Å². The van der Waals surface area contributed by atoms with Crippen molar-refractivity contribution in [3.63, 3.8) is 0 Å². The highest BCUT2D eigenvalue weighted by atomic mass is 19.1. The maximum Gasteiger partial charge on any atom is 0.123 e. The van der Waals surface area contributed by atoms with Gasteiger partial charge in [-0.15, -0.1) is 0 Å². The zero-order chi connectivity index (χ0) is 22.1. The van der Waals surface area contributed by atoms with Crippen LogP contribution in [0.3, 0.4) is 0 Å². The minimum Gasteiger partial charge on any atom is -0.492 e. The first-order valence-electron chi connectivity index (χ1n) is 10.6. The predicted octanol–water partition coefficient (Wildman–Crippen LogP) is 5.50. The molecule has 3 aromatic carbocycles. The van der Waals surface area contributed by atoms with Crippen LogP contribution in [0.2, 0.25) is 0 Å². The van der Waals surface area contributed by atoms with Crippen LogP contribution in [0.1, 0.15) is 29.5 Å². The molecule has 3 rings (SSSR count). The molecule has 0 saturated heterocycles. The highest BCUT2D eigenvalue weighted by Gasteiger charge is 2.14. The van der Waals surface area contributed by atoms with Crippen molar-refractivity contribution >= 4 is 11.1 Å². The topological polar surface area (TPSA) is 32.7 Å². The fourth-order valence-electron chi connectivity index (χ4n) is 3.50. The molecule has 31 heavy (non-hydrogen) atoms. The van der Waals surface area contributed by atoms with Gasteiger partial charge in [0, 0.05) is 13.2 Å². The van der Waals surface area contributed by atoms with Gasteiger partial charge in [0.2, 0.25) is 0 Å². The quantitative estimate of drug-likeness (QED) is 0.441. The Morgan fingerprint density at radius 2 is 1.45 bits per heavy atom. The smallest absolute Gasteiger partial charge is 0.123 e. The Morgan fingerprint density at radius 3 is 2.03 bits per heavy atom. The lowest BCUT2D eigenvalue weighted by atomic mass is 9.87. The second kappa shape index (κ2) is 11.4. The Labute approximate surface area is 184 Å². The predicted molar refractivity (Wildman–Crippen MR) is 126 cm³/mol. The number of hydrogen-bond donors (Lipinski definition) is 1. The summed E-state index contributed by atoms with van der Waals surface area (Å²) in [6.07, 6.45) is 1.37. The molecule has 0 aliphatic carbocycles. The van der Waals surface area contributed by atoms with Gasteiger partial charge in [0.05, 0.1) is 0 Å². The number of aliphatic hydroxyl groups excluding tert-OH is 1. The van der Waals surface area contributed by atoms with E-state index in [0.717, 1.165) is 40.1 Å². The molecule has 4 heteroatoms.